The number of non-ortho nitro benzene ring substituents is 1. The Bertz CT molecular complexity index is 957. The van der Waals surface area contributed by atoms with Gasteiger partial charge in [0, 0.05) is 13.0 Å². The van der Waals surface area contributed by atoms with Gasteiger partial charge in [-0.1, -0.05) is 12.1 Å². The fourth-order valence-electron chi connectivity index (χ4n) is 2.31. The molecular weight excluding hydrogens is 416 g/mol. The summed E-state index contributed by atoms with van der Waals surface area (Å²) in [5.41, 5.74) is -2.33. The lowest BCUT2D eigenvalue weighted by molar-refractivity contribution is -0.404. The van der Waals surface area contributed by atoms with Gasteiger partial charge >= 0.3 is 11.4 Å². The predicted molar refractivity (Wildman–Crippen MR) is 109 cm³/mol. The van der Waals surface area contributed by atoms with Gasteiger partial charge in [0.15, 0.2) is 5.78 Å². The van der Waals surface area contributed by atoms with Crippen molar-refractivity contribution in [3.05, 3.63) is 72.3 Å². The van der Waals surface area contributed by atoms with Gasteiger partial charge in [-0.25, -0.2) is 0 Å². The minimum absolute atomic E-state index is 0.126. The third kappa shape index (κ3) is 7.01. The first-order valence-electron chi connectivity index (χ1n) is 8.60. The zero-order valence-corrected chi connectivity index (χ0v) is 16.9. The molecule has 0 atom stereocenters. The van der Waals surface area contributed by atoms with Crippen LogP contribution < -0.4 is 4.74 Å². The molecule has 2 rings (SSSR count). The number of nitro groups is 3. The van der Waals surface area contributed by atoms with Gasteiger partial charge < -0.3 is 14.7 Å². The summed E-state index contributed by atoms with van der Waals surface area (Å²) in [5, 5.41) is 40.2. The van der Waals surface area contributed by atoms with Crippen LogP contribution in [0.3, 0.4) is 0 Å². The van der Waals surface area contributed by atoms with Crippen LogP contribution in [-0.4, -0.2) is 58.3 Å². The van der Waals surface area contributed by atoms with Crippen molar-refractivity contribution in [2.45, 2.75) is 6.42 Å². The van der Waals surface area contributed by atoms with Gasteiger partial charge in [0.05, 0.1) is 39.6 Å². The standard InChI is InChI=1S/C12H17NO2.C6H3N3O7/c1-13(2)9-8-11(14)10-6-4-5-7-12(10)15-3;10-6-4(8(13)14)1-3(7(11)12)2-5(6)9(15)16/h4-7H,8-9H2,1-3H3;1-2,10H. The van der Waals surface area contributed by atoms with Crippen molar-refractivity contribution in [3.63, 3.8) is 0 Å². The van der Waals surface area contributed by atoms with Gasteiger partial charge in [-0.05, 0) is 26.2 Å². The third-order valence-electron chi connectivity index (χ3n) is 3.85. The molecule has 13 heteroatoms. The molecule has 2 aromatic carbocycles. The minimum atomic E-state index is -1.21. The first kappa shape index (κ1) is 24.9. The number of Topliss-reactive ketones (excluding diaryl/α,β-unsaturated/α-hetero) is 1. The summed E-state index contributed by atoms with van der Waals surface area (Å²) in [7, 11) is 5.49. The number of methoxy groups -OCH3 is 1. The third-order valence-corrected chi connectivity index (χ3v) is 3.85. The van der Waals surface area contributed by atoms with Crippen molar-refractivity contribution >= 4 is 22.8 Å². The summed E-state index contributed by atoms with van der Waals surface area (Å²) in [6.45, 7) is 0.761. The van der Waals surface area contributed by atoms with Crippen LogP contribution in [0, 0.1) is 30.3 Å². The molecule has 0 fully saturated rings. The number of nitro benzene ring substituents is 3. The fourth-order valence-corrected chi connectivity index (χ4v) is 2.31. The summed E-state index contributed by atoms with van der Waals surface area (Å²) in [6, 6.07) is 8.22. The van der Waals surface area contributed by atoms with Gasteiger partial charge in [-0.2, -0.15) is 0 Å². The van der Waals surface area contributed by atoms with E-state index in [0.29, 0.717) is 29.9 Å². The molecule has 0 bridgehead atoms. The maximum atomic E-state index is 11.8. The topological polar surface area (TPSA) is 179 Å². The van der Waals surface area contributed by atoms with E-state index in [-0.39, 0.29) is 5.78 Å². The molecule has 0 radical (unpaired) electrons. The van der Waals surface area contributed by atoms with Crippen molar-refractivity contribution in [1.29, 1.82) is 0 Å². The van der Waals surface area contributed by atoms with Gasteiger partial charge in [0.25, 0.3) is 11.4 Å². The van der Waals surface area contributed by atoms with E-state index in [1.54, 1.807) is 13.2 Å². The van der Waals surface area contributed by atoms with Crippen LogP contribution in [0.15, 0.2) is 36.4 Å². The molecule has 0 aromatic heterocycles. The Hall–Kier alpha value is -4.13. The molecule has 0 aliphatic heterocycles. The largest absolute Gasteiger partial charge is 0.497 e. The number of nitrogens with zero attached hydrogens (tertiary/aromatic N) is 4. The van der Waals surface area contributed by atoms with E-state index < -0.39 is 37.6 Å². The molecule has 166 valence electrons. The smallest absolute Gasteiger partial charge is 0.324 e. The maximum absolute atomic E-state index is 11.8. The van der Waals surface area contributed by atoms with E-state index in [9.17, 15) is 35.1 Å². The summed E-state index contributed by atoms with van der Waals surface area (Å²) in [6.07, 6.45) is 0.521. The molecule has 1 N–H and O–H groups in total. The lowest BCUT2D eigenvalue weighted by Crippen LogP contribution is -2.17. The number of carbonyl (C=O) groups is 1. The number of hydrogen-bond acceptors (Lipinski definition) is 10. The molecule has 0 heterocycles. The highest BCUT2D eigenvalue weighted by molar-refractivity contribution is 5.98. The fraction of sp³-hybridized carbons (Fsp3) is 0.278. The van der Waals surface area contributed by atoms with Crippen LogP contribution in [0.1, 0.15) is 16.8 Å². The van der Waals surface area contributed by atoms with E-state index >= 15 is 0 Å². The number of phenols is 1. The van der Waals surface area contributed by atoms with E-state index in [2.05, 4.69) is 0 Å². The first-order valence-corrected chi connectivity index (χ1v) is 8.60. The van der Waals surface area contributed by atoms with Crippen molar-refractivity contribution in [2.75, 3.05) is 27.7 Å². The van der Waals surface area contributed by atoms with Gasteiger partial charge in [0.1, 0.15) is 5.75 Å². The monoisotopic (exact) mass is 436 g/mol. The predicted octanol–water partition coefficient (Wildman–Crippen LogP) is 2.95. The first-order chi connectivity index (χ1) is 14.5. The number of ether oxygens (including phenoxy) is 1. The second-order valence-electron chi connectivity index (χ2n) is 6.28. The Balaban J connectivity index is 0.000000311. The maximum Gasteiger partial charge on any atom is 0.324 e. The van der Waals surface area contributed by atoms with Crippen molar-refractivity contribution in [3.8, 4) is 11.5 Å². The van der Waals surface area contributed by atoms with Crippen molar-refractivity contribution < 1.29 is 29.4 Å². The lowest BCUT2D eigenvalue weighted by atomic mass is 10.1. The average Bonchev–Trinajstić information content (AvgIpc) is 2.71. The summed E-state index contributed by atoms with van der Waals surface area (Å²) >= 11 is 0. The highest BCUT2D eigenvalue weighted by atomic mass is 16.6. The second kappa shape index (κ2) is 11.2. The zero-order valence-electron chi connectivity index (χ0n) is 16.9. The number of ketones is 1. The average molecular weight is 436 g/mol. The molecule has 0 spiro atoms. The highest BCUT2D eigenvalue weighted by Crippen LogP contribution is 2.38. The number of rotatable bonds is 8. The van der Waals surface area contributed by atoms with Gasteiger partial charge in [-0.15, -0.1) is 0 Å². The van der Waals surface area contributed by atoms with Crippen LogP contribution in [0.25, 0.3) is 0 Å². The van der Waals surface area contributed by atoms with E-state index in [0.717, 1.165) is 6.54 Å². The Kier molecular flexibility index (Phi) is 8.96. The number of aromatic hydroxyl groups is 1. The number of phenolic OH excluding ortho intramolecular Hbond substituents is 1. The molecule has 0 aliphatic carbocycles. The second-order valence-corrected chi connectivity index (χ2v) is 6.28. The zero-order chi connectivity index (χ0) is 23.7. The Morgan fingerprint density at radius 3 is 1.94 bits per heavy atom. The van der Waals surface area contributed by atoms with Crippen LogP contribution in [0.4, 0.5) is 17.1 Å². The Labute approximate surface area is 175 Å². The molecule has 0 saturated carbocycles. The minimum Gasteiger partial charge on any atom is -0.497 e. The van der Waals surface area contributed by atoms with Crippen LogP contribution >= 0.6 is 0 Å². The van der Waals surface area contributed by atoms with Crippen LogP contribution in [0.2, 0.25) is 0 Å². The molecule has 0 aliphatic rings. The number of carbonyl (C=O) groups excluding carboxylic acids is 1. The molecule has 31 heavy (non-hydrogen) atoms. The summed E-state index contributed by atoms with van der Waals surface area (Å²) < 4.78 is 5.14. The van der Waals surface area contributed by atoms with Gasteiger partial charge in [0.2, 0.25) is 0 Å². The van der Waals surface area contributed by atoms with E-state index in [1.807, 2.05) is 37.2 Å². The SMILES string of the molecule is COc1ccccc1C(=O)CCN(C)C.O=[N+]([O-])c1cc([N+](=O)[O-])c(O)c([N+](=O)[O-])c1. The summed E-state index contributed by atoms with van der Waals surface area (Å²) in [4.78, 5) is 41.6. The molecule has 0 unspecified atom stereocenters. The summed E-state index contributed by atoms with van der Waals surface area (Å²) in [5.74, 6) is -0.428. The number of para-hydroxylation sites is 1. The van der Waals surface area contributed by atoms with Crippen LogP contribution in [0.5, 0.6) is 11.5 Å². The Morgan fingerprint density at radius 2 is 1.52 bits per heavy atom. The number of hydrogen-bond donors (Lipinski definition) is 1. The molecule has 2 aromatic rings. The van der Waals surface area contributed by atoms with E-state index in [4.69, 9.17) is 9.84 Å². The molecule has 0 amide bonds. The normalized spacial score (nSPS) is 10.1. The van der Waals surface area contributed by atoms with Crippen LogP contribution in [-0.2, 0) is 0 Å². The van der Waals surface area contributed by atoms with Gasteiger partial charge in [-0.3, -0.25) is 35.1 Å². The molecular formula is C18H20N4O9. The number of benzene rings is 2. The Morgan fingerprint density at radius 1 is 1.00 bits per heavy atom. The van der Waals surface area contributed by atoms with Crippen molar-refractivity contribution in [1.82, 2.24) is 4.90 Å². The quantitative estimate of drug-likeness (QED) is 0.367. The lowest BCUT2D eigenvalue weighted by Gasteiger charge is -2.10. The highest BCUT2D eigenvalue weighted by Gasteiger charge is 2.30. The molecule has 13 nitrogen and oxygen atoms in total. The van der Waals surface area contributed by atoms with Crippen molar-refractivity contribution in [2.24, 2.45) is 0 Å². The molecule has 0 saturated heterocycles. The van der Waals surface area contributed by atoms with E-state index in [1.165, 1.54) is 0 Å².